The van der Waals surface area contributed by atoms with Crippen LogP contribution in [0.2, 0.25) is 0 Å². The monoisotopic (exact) mass is 305 g/mol. The van der Waals surface area contributed by atoms with E-state index >= 15 is 0 Å². The molecule has 6 nitrogen and oxygen atoms in total. The van der Waals surface area contributed by atoms with Crippen molar-refractivity contribution in [2.24, 2.45) is 0 Å². The fourth-order valence-corrected chi connectivity index (χ4v) is 3.57. The molecule has 22 heavy (non-hydrogen) atoms. The Kier molecular flexibility index (Phi) is 5.10. The Bertz CT molecular complexity index is 475. The first-order chi connectivity index (χ1) is 10.8. The molecule has 0 amide bonds. The first-order valence-corrected chi connectivity index (χ1v) is 8.52. The average molecular weight is 305 g/mol. The van der Waals surface area contributed by atoms with Gasteiger partial charge in [0.05, 0.1) is 6.10 Å². The van der Waals surface area contributed by atoms with Crippen LogP contribution in [0.5, 0.6) is 0 Å². The minimum absolute atomic E-state index is 0.139. The molecule has 2 N–H and O–H groups in total. The molecule has 0 radical (unpaired) electrons. The molecule has 1 aliphatic heterocycles. The van der Waals surface area contributed by atoms with Gasteiger partial charge in [-0.15, -0.1) is 0 Å². The molecule has 6 heteroatoms. The number of aliphatic hydroxyl groups excluding tert-OH is 1. The Morgan fingerprint density at radius 2 is 2.00 bits per heavy atom. The second-order valence-electron chi connectivity index (χ2n) is 6.21. The molecule has 2 aliphatic rings. The van der Waals surface area contributed by atoms with Crippen LogP contribution in [0.4, 0.5) is 11.8 Å². The van der Waals surface area contributed by atoms with Crippen LogP contribution in [0, 0.1) is 0 Å². The van der Waals surface area contributed by atoms with E-state index in [1.54, 1.807) is 0 Å². The highest BCUT2D eigenvalue weighted by Crippen LogP contribution is 2.25. The summed E-state index contributed by atoms with van der Waals surface area (Å²) in [6.07, 6.45) is 6.20. The number of rotatable bonds is 4. The Balaban J connectivity index is 1.58. The van der Waals surface area contributed by atoms with E-state index in [9.17, 15) is 5.11 Å². The van der Waals surface area contributed by atoms with Gasteiger partial charge in [0, 0.05) is 45.0 Å². The van der Waals surface area contributed by atoms with E-state index in [-0.39, 0.29) is 6.10 Å². The number of hydrogen-bond acceptors (Lipinski definition) is 6. The molecule has 1 saturated carbocycles. The van der Waals surface area contributed by atoms with Crippen LogP contribution >= 0.6 is 0 Å². The zero-order chi connectivity index (χ0) is 15.4. The lowest BCUT2D eigenvalue weighted by molar-refractivity contribution is 0.0172. The predicted octanol–water partition coefficient (Wildman–Crippen LogP) is 1.33. The minimum Gasteiger partial charge on any atom is -0.391 e. The largest absolute Gasteiger partial charge is 0.391 e. The molecule has 122 valence electrons. The van der Waals surface area contributed by atoms with Gasteiger partial charge in [0.25, 0.3) is 0 Å². The first-order valence-electron chi connectivity index (χ1n) is 8.52. The van der Waals surface area contributed by atoms with E-state index in [0.29, 0.717) is 12.0 Å². The summed E-state index contributed by atoms with van der Waals surface area (Å²) in [5.41, 5.74) is 0. The molecule has 1 aliphatic carbocycles. The van der Waals surface area contributed by atoms with Crippen LogP contribution in [0.1, 0.15) is 32.6 Å². The van der Waals surface area contributed by atoms with Gasteiger partial charge in [0.15, 0.2) is 0 Å². The highest BCUT2D eigenvalue weighted by atomic mass is 16.3. The SMILES string of the molecule is CCNc1nccc(N2CCN(C3CCCCC3O)CC2)n1. The summed E-state index contributed by atoms with van der Waals surface area (Å²) in [6, 6.07) is 2.34. The van der Waals surface area contributed by atoms with Gasteiger partial charge in [-0.2, -0.15) is 4.98 Å². The third kappa shape index (κ3) is 3.50. The molecule has 1 saturated heterocycles. The molecule has 0 spiro atoms. The van der Waals surface area contributed by atoms with Gasteiger partial charge in [0.1, 0.15) is 5.82 Å². The Morgan fingerprint density at radius 3 is 2.73 bits per heavy atom. The number of nitrogens with zero attached hydrogens (tertiary/aromatic N) is 4. The summed E-state index contributed by atoms with van der Waals surface area (Å²) in [4.78, 5) is 13.6. The highest BCUT2D eigenvalue weighted by molar-refractivity contribution is 5.42. The van der Waals surface area contributed by atoms with Gasteiger partial charge in [-0.25, -0.2) is 4.98 Å². The van der Waals surface area contributed by atoms with Gasteiger partial charge < -0.3 is 15.3 Å². The van der Waals surface area contributed by atoms with E-state index in [1.807, 2.05) is 19.2 Å². The van der Waals surface area contributed by atoms with Crippen molar-refractivity contribution in [3.05, 3.63) is 12.3 Å². The van der Waals surface area contributed by atoms with E-state index in [1.165, 1.54) is 12.8 Å². The maximum absolute atomic E-state index is 10.2. The lowest BCUT2D eigenvalue weighted by atomic mass is 9.91. The van der Waals surface area contributed by atoms with Crippen molar-refractivity contribution >= 4 is 11.8 Å². The molecule has 1 aromatic rings. The number of anilines is 2. The number of nitrogens with one attached hydrogen (secondary N) is 1. The van der Waals surface area contributed by atoms with Crippen LogP contribution in [-0.4, -0.2) is 64.8 Å². The summed E-state index contributed by atoms with van der Waals surface area (Å²) in [5.74, 6) is 1.69. The summed E-state index contributed by atoms with van der Waals surface area (Å²) in [6.45, 7) is 6.81. The van der Waals surface area contributed by atoms with Crippen molar-refractivity contribution in [2.75, 3.05) is 42.9 Å². The maximum atomic E-state index is 10.2. The van der Waals surface area contributed by atoms with Gasteiger partial charge in [-0.05, 0) is 25.8 Å². The molecule has 2 heterocycles. The normalized spacial score (nSPS) is 26.9. The van der Waals surface area contributed by atoms with Crippen LogP contribution in [0.3, 0.4) is 0 Å². The number of aromatic nitrogens is 2. The van der Waals surface area contributed by atoms with Gasteiger partial charge in [0.2, 0.25) is 5.95 Å². The van der Waals surface area contributed by atoms with Crippen LogP contribution in [-0.2, 0) is 0 Å². The van der Waals surface area contributed by atoms with Crippen LogP contribution in [0.25, 0.3) is 0 Å². The van der Waals surface area contributed by atoms with Crippen molar-refractivity contribution in [1.29, 1.82) is 0 Å². The topological polar surface area (TPSA) is 64.5 Å². The molecule has 0 bridgehead atoms. The molecule has 3 rings (SSSR count). The zero-order valence-corrected chi connectivity index (χ0v) is 13.4. The third-order valence-electron chi connectivity index (χ3n) is 4.78. The number of aliphatic hydroxyl groups is 1. The van der Waals surface area contributed by atoms with Crippen LogP contribution < -0.4 is 10.2 Å². The fourth-order valence-electron chi connectivity index (χ4n) is 3.57. The van der Waals surface area contributed by atoms with Crippen molar-refractivity contribution in [1.82, 2.24) is 14.9 Å². The smallest absolute Gasteiger partial charge is 0.224 e. The van der Waals surface area contributed by atoms with Gasteiger partial charge in [-0.1, -0.05) is 12.8 Å². The van der Waals surface area contributed by atoms with Gasteiger partial charge in [-0.3, -0.25) is 4.90 Å². The maximum Gasteiger partial charge on any atom is 0.224 e. The minimum atomic E-state index is -0.139. The average Bonchev–Trinajstić information content (AvgIpc) is 2.56. The molecular formula is C16H27N5O. The number of hydrogen-bond donors (Lipinski definition) is 2. The third-order valence-corrected chi connectivity index (χ3v) is 4.78. The summed E-state index contributed by atoms with van der Waals surface area (Å²) in [5, 5.41) is 13.4. The number of piperazine rings is 1. The quantitative estimate of drug-likeness (QED) is 0.875. The molecule has 1 aromatic heterocycles. The lowest BCUT2D eigenvalue weighted by Gasteiger charge is -2.43. The molecule has 2 fully saturated rings. The molecule has 2 unspecified atom stereocenters. The Morgan fingerprint density at radius 1 is 1.23 bits per heavy atom. The summed E-state index contributed by atoms with van der Waals surface area (Å²) < 4.78 is 0. The molecular weight excluding hydrogens is 278 g/mol. The molecule has 0 aromatic carbocycles. The second kappa shape index (κ2) is 7.24. The Labute approximate surface area is 132 Å². The van der Waals surface area contributed by atoms with Crippen molar-refractivity contribution in [2.45, 2.75) is 44.8 Å². The molecule has 2 atom stereocenters. The lowest BCUT2D eigenvalue weighted by Crippen LogP contribution is -2.54. The highest BCUT2D eigenvalue weighted by Gasteiger charge is 2.31. The Hall–Kier alpha value is -1.40. The zero-order valence-electron chi connectivity index (χ0n) is 13.4. The second-order valence-corrected chi connectivity index (χ2v) is 6.21. The van der Waals surface area contributed by atoms with Gasteiger partial charge >= 0.3 is 0 Å². The summed E-state index contributed by atoms with van der Waals surface area (Å²) in [7, 11) is 0. The van der Waals surface area contributed by atoms with E-state index in [2.05, 4.69) is 25.1 Å². The standard InChI is InChI=1S/C16H27N5O/c1-2-17-16-18-8-7-15(19-16)21-11-9-20(10-12-21)13-5-3-4-6-14(13)22/h7-8,13-14,22H,2-6,9-12H2,1H3,(H,17,18,19). The van der Waals surface area contributed by atoms with Crippen LogP contribution in [0.15, 0.2) is 12.3 Å². The van der Waals surface area contributed by atoms with Crippen molar-refractivity contribution in [3.8, 4) is 0 Å². The summed E-state index contributed by atoms with van der Waals surface area (Å²) >= 11 is 0. The predicted molar refractivity (Wildman–Crippen MR) is 88.2 cm³/mol. The van der Waals surface area contributed by atoms with E-state index in [0.717, 1.165) is 51.4 Å². The van der Waals surface area contributed by atoms with Crippen molar-refractivity contribution < 1.29 is 5.11 Å². The first kappa shape index (κ1) is 15.5. The van der Waals surface area contributed by atoms with Crippen molar-refractivity contribution in [3.63, 3.8) is 0 Å². The fraction of sp³-hybridized carbons (Fsp3) is 0.750. The van der Waals surface area contributed by atoms with E-state index in [4.69, 9.17) is 0 Å². The van der Waals surface area contributed by atoms with E-state index < -0.39 is 0 Å².